The van der Waals surface area contributed by atoms with E-state index in [4.69, 9.17) is 5.26 Å². The number of hydrogen-bond acceptors (Lipinski definition) is 4. The van der Waals surface area contributed by atoms with Crippen molar-refractivity contribution in [1.82, 2.24) is 9.97 Å². The molecule has 0 aliphatic carbocycles. The van der Waals surface area contributed by atoms with Crippen LogP contribution in [-0.2, 0) is 0 Å². The Bertz CT molecular complexity index is 357. The lowest BCUT2D eigenvalue weighted by molar-refractivity contribution is 0.599. The molecule has 0 aliphatic rings. The van der Waals surface area contributed by atoms with E-state index < -0.39 is 0 Å². The maximum atomic E-state index is 8.73. The van der Waals surface area contributed by atoms with Crippen molar-refractivity contribution in [2.45, 2.75) is 39.8 Å². The summed E-state index contributed by atoms with van der Waals surface area (Å²) in [5, 5.41) is 8.73. The fourth-order valence-corrected chi connectivity index (χ4v) is 1.67. The van der Waals surface area contributed by atoms with Crippen molar-refractivity contribution >= 4 is 5.82 Å². The first kappa shape index (κ1) is 11.4. The van der Waals surface area contributed by atoms with Crippen LogP contribution in [0.1, 0.15) is 33.5 Å². The van der Waals surface area contributed by atoms with Gasteiger partial charge >= 0.3 is 0 Å². The van der Waals surface area contributed by atoms with E-state index in [1.165, 1.54) is 0 Å². The Kier molecular flexibility index (Phi) is 3.62. The second-order valence-electron chi connectivity index (χ2n) is 3.95. The molecule has 0 aliphatic heterocycles. The number of anilines is 1. The predicted molar refractivity (Wildman–Crippen MR) is 59.5 cm³/mol. The van der Waals surface area contributed by atoms with Crippen molar-refractivity contribution in [2.24, 2.45) is 0 Å². The normalized spacial score (nSPS) is 10.5. The van der Waals surface area contributed by atoms with Gasteiger partial charge < -0.3 is 4.90 Å². The van der Waals surface area contributed by atoms with E-state index in [0.29, 0.717) is 12.1 Å². The second kappa shape index (κ2) is 4.74. The van der Waals surface area contributed by atoms with Crippen LogP contribution >= 0.6 is 0 Å². The van der Waals surface area contributed by atoms with Gasteiger partial charge in [0.2, 0.25) is 5.82 Å². The van der Waals surface area contributed by atoms with Gasteiger partial charge in [0, 0.05) is 18.3 Å². The molecule has 15 heavy (non-hydrogen) atoms. The Hall–Kier alpha value is -1.63. The van der Waals surface area contributed by atoms with Gasteiger partial charge in [-0.25, -0.2) is 9.97 Å². The van der Waals surface area contributed by atoms with Crippen LogP contribution in [0.2, 0.25) is 0 Å². The van der Waals surface area contributed by atoms with Gasteiger partial charge in [-0.1, -0.05) is 0 Å². The van der Waals surface area contributed by atoms with Gasteiger partial charge in [-0.3, -0.25) is 0 Å². The molecule has 0 aromatic carbocycles. The highest BCUT2D eigenvalue weighted by Crippen LogP contribution is 2.16. The summed E-state index contributed by atoms with van der Waals surface area (Å²) in [5.74, 6) is 1.03. The van der Waals surface area contributed by atoms with Gasteiger partial charge in [-0.15, -0.1) is 0 Å². The molecule has 0 amide bonds. The topological polar surface area (TPSA) is 52.8 Å². The largest absolute Gasteiger partial charge is 0.352 e. The van der Waals surface area contributed by atoms with Crippen LogP contribution in [0.3, 0.4) is 0 Å². The van der Waals surface area contributed by atoms with Crippen LogP contribution < -0.4 is 4.90 Å². The lowest BCUT2D eigenvalue weighted by Crippen LogP contribution is -2.37. The summed E-state index contributed by atoms with van der Waals surface area (Å²) in [6.45, 7) is 8.42. The van der Waals surface area contributed by atoms with Gasteiger partial charge in [-0.05, 0) is 33.8 Å². The predicted octanol–water partition coefficient (Wildman–Crippen LogP) is 1.97. The highest BCUT2D eigenvalue weighted by Gasteiger charge is 2.15. The van der Waals surface area contributed by atoms with Gasteiger partial charge in [0.15, 0.2) is 0 Å². The van der Waals surface area contributed by atoms with E-state index in [2.05, 4.69) is 42.6 Å². The minimum absolute atomic E-state index is 0.221. The lowest BCUT2D eigenvalue weighted by Gasteiger charge is -2.31. The number of nitrogens with zero attached hydrogens (tertiary/aromatic N) is 4. The molecule has 1 heterocycles. The van der Waals surface area contributed by atoms with E-state index in [1.54, 1.807) is 6.20 Å². The standard InChI is InChI=1S/C11H16N4/c1-8(2)15(9(3)4)11-5-6-13-10(7-12)14-11/h5-6,8-9H,1-4H3. The summed E-state index contributed by atoms with van der Waals surface area (Å²) in [4.78, 5) is 10.2. The van der Waals surface area contributed by atoms with Crippen molar-refractivity contribution in [3.8, 4) is 6.07 Å². The Balaban J connectivity index is 3.07. The molecule has 0 atom stereocenters. The van der Waals surface area contributed by atoms with E-state index in [0.717, 1.165) is 5.82 Å². The van der Waals surface area contributed by atoms with Crippen LogP contribution in [0.25, 0.3) is 0 Å². The smallest absolute Gasteiger partial charge is 0.234 e. The van der Waals surface area contributed by atoms with Gasteiger partial charge in [-0.2, -0.15) is 5.26 Å². The molecule has 0 saturated heterocycles. The summed E-state index contributed by atoms with van der Waals surface area (Å²) in [6, 6.07) is 4.49. The summed E-state index contributed by atoms with van der Waals surface area (Å²) < 4.78 is 0. The van der Waals surface area contributed by atoms with E-state index in [1.807, 2.05) is 12.1 Å². The zero-order chi connectivity index (χ0) is 11.4. The Morgan fingerprint density at radius 3 is 2.33 bits per heavy atom. The first-order valence-electron chi connectivity index (χ1n) is 5.07. The molecule has 4 heteroatoms. The fraction of sp³-hybridized carbons (Fsp3) is 0.545. The van der Waals surface area contributed by atoms with Crippen LogP contribution in [0.5, 0.6) is 0 Å². The Morgan fingerprint density at radius 1 is 1.27 bits per heavy atom. The average molecular weight is 204 g/mol. The summed E-state index contributed by atoms with van der Waals surface area (Å²) >= 11 is 0. The number of nitriles is 1. The van der Waals surface area contributed by atoms with E-state index >= 15 is 0 Å². The second-order valence-corrected chi connectivity index (χ2v) is 3.95. The first-order valence-corrected chi connectivity index (χ1v) is 5.07. The SMILES string of the molecule is CC(C)N(c1ccnc(C#N)n1)C(C)C. The van der Waals surface area contributed by atoms with Crippen molar-refractivity contribution in [1.29, 1.82) is 5.26 Å². The van der Waals surface area contributed by atoms with Crippen LogP contribution in [-0.4, -0.2) is 22.1 Å². The quantitative estimate of drug-likeness (QED) is 0.755. The molecular formula is C11H16N4. The minimum Gasteiger partial charge on any atom is -0.352 e. The molecule has 80 valence electrons. The molecule has 0 bridgehead atoms. The summed E-state index contributed by atoms with van der Waals surface area (Å²) in [5.41, 5.74) is 0. The van der Waals surface area contributed by atoms with E-state index in [-0.39, 0.29) is 5.82 Å². The van der Waals surface area contributed by atoms with Gasteiger partial charge in [0.25, 0.3) is 0 Å². The highest BCUT2D eigenvalue weighted by molar-refractivity contribution is 5.40. The Morgan fingerprint density at radius 2 is 1.87 bits per heavy atom. The minimum atomic E-state index is 0.221. The molecule has 1 aromatic heterocycles. The molecule has 0 unspecified atom stereocenters. The molecule has 0 fully saturated rings. The Labute approximate surface area is 90.6 Å². The summed E-state index contributed by atoms with van der Waals surface area (Å²) in [6.07, 6.45) is 1.62. The third-order valence-corrected chi connectivity index (χ3v) is 2.12. The molecule has 0 saturated carbocycles. The van der Waals surface area contributed by atoms with Gasteiger partial charge in [0.05, 0.1) is 0 Å². The first-order chi connectivity index (χ1) is 7.06. The molecule has 4 nitrogen and oxygen atoms in total. The molecule has 0 radical (unpaired) electrons. The number of rotatable bonds is 3. The average Bonchev–Trinajstić information content (AvgIpc) is 2.17. The van der Waals surface area contributed by atoms with Crippen LogP contribution in [0.4, 0.5) is 5.82 Å². The maximum Gasteiger partial charge on any atom is 0.234 e. The van der Waals surface area contributed by atoms with Crippen molar-refractivity contribution in [2.75, 3.05) is 4.90 Å². The zero-order valence-corrected chi connectivity index (χ0v) is 9.60. The maximum absolute atomic E-state index is 8.73. The number of aromatic nitrogens is 2. The van der Waals surface area contributed by atoms with Crippen molar-refractivity contribution in [3.63, 3.8) is 0 Å². The highest BCUT2D eigenvalue weighted by atomic mass is 15.2. The third kappa shape index (κ3) is 2.66. The zero-order valence-electron chi connectivity index (χ0n) is 9.60. The monoisotopic (exact) mass is 204 g/mol. The van der Waals surface area contributed by atoms with Crippen molar-refractivity contribution < 1.29 is 0 Å². The lowest BCUT2D eigenvalue weighted by atomic mass is 10.2. The number of hydrogen-bond donors (Lipinski definition) is 0. The fourth-order valence-electron chi connectivity index (χ4n) is 1.67. The van der Waals surface area contributed by atoms with Crippen LogP contribution in [0, 0.1) is 11.3 Å². The molecule has 1 rings (SSSR count). The van der Waals surface area contributed by atoms with Crippen molar-refractivity contribution in [3.05, 3.63) is 18.1 Å². The van der Waals surface area contributed by atoms with Crippen LogP contribution in [0.15, 0.2) is 12.3 Å². The van der Waals surface area contributed by atoms with Gasteiger partial charge in [0.1, 0.15) is 11.9 Å². The molecule has 0 spiro atoms. The molecular weight excluding hydrogens is 188 g/mol. The third-order valence-electron chi connectivity index (χ3n) is 2.12. The summed E-state index contributed by atoms with van der Waals surface area (Å²) in [7, 11) is 0. The van der Waals surface area contributed by atoms with E-state index in [9.17, 15) is 0 Å². The molecule has 0 N–H and O–H groups in total. The molecule has 1 aromatic rings.